The van der Waals surface area contributed by atoms with Crippen LogP contribution in [0.5, 0.6) is 0 Å². The standard InChI is InChI=1S/C9H14N2O/c1-11(8-3-2-4-8)7-9-5-6-10-12-9/h5-6,8H,2-4,7H2,1H3. The van der Waals surface area contributed by atoms with Gasteiger partial charge in [0.1, 0.15) is 0 Å². The van der Waals surface area contributed by atoms with Crippen molar-refractivity contribution in [3.8, 4) is 0 Å². The average Bonchev–Trinajstić information content (AvgIpc) is 2.34. The molecule has 0 N–H and O–H groups in total. The van der Waals surface area contributed by atoms with Gasteiger partial charge in [-0.2, -0.15) is 0 Å². The van der Waals surface area contributed by atoms with Crippen LogP contribution < -0.4 is 0 Å². The third-order valence-corrected chi connectivity index (χ3v) is 2.59. The van der Waals surface area contributed by atoms with E-state index in [9.17, 15) is 0 Å². The molecule has 1 aromatic rings. The molecule has 12 heavy (non-hydrogen) atoms. The molecule has 1 fully saturated rings. The lowest BCUT2D eigenvalue weighted by atomic mass is 9.92. The summed E-state index contributed by atoms with van der Waals surface area (Å²) in [4.78, 5) is 2.34. The maximum Gasteiger partial charge on any atom is 0.150 e. The second-order valence-electron chi connectivity index (χ2n) is 3.48. The number of nitrogens with zero attached hydrogens (tertiary/aromatic N) is 2. The zero-order valence-electron chi connectivity index (χ0n) is 7.36. The number of hydrogen-bond donors (Lipinski definition) is 0. The van der Waals surface area contributed by atoms with Gasteiger partial charge in [-0.15, -0.1) is 0 Å². The number of hydrogen-bond acceptors (Lipinski definition) is 3. The molecule has 0 unspecified atom stereocenters. The fourth-order valence-electron chi connectivity index (χ4n) is 1.53. The summed E-state index contributed by atoms with van der Waals surface area (Å²) in [5.74, 6) is 0.962. The minimum atomic E-state index is 0.773. The summed E-state index contributed by atoms with van der Waals surface area (Å²) in [6.45, 7) is 0.894. The predicted octanol–water partition coefficient (Wildman–Crippen LogP) is 1.66. The highest BCUT2D eigenvalue weighted by Crippen LogP contribution is 2.24. The molecule has 0 spiro atoms. The van der Waals surface area contributed by atoms with Gasteiger partial charge in [0, 0.05) is 12.1 Å². The highest BCUT2D eigenvalue weighted by molar-refractivity contribution is 4.93. The SMILES string of the molecule is CN(Cc1ccno1)C1CCC1. The van der Waals surface area contributed by atoms with Crippen LogP contribution in [-0.4, -0.2) is 23.1 Å². The molecule has 0 aromatic carbocycles. The van der Waals surface area contributed by atoms with Crippen LogP contribution in [0.25, 0.3) is 0 Å². The smallest absolute Gasteiger partial charge is 0.150 e. The molecular formula is C9H14N2O. The summed E-state index contributed by atoms with van der Waals surface area (Å²) < 4.78 is 5.03. The van der Waals surface area contributed by atoms with Gasteiger partial charge in [-0.05, 0) is 19.9 Å². The van der Waals surface area contributed by atoms with E-state index in [1.165, 1.54) is 19.3 Å². The second-order valence-corrected chi connectivity index (χ2v) is 3.48. The van der Waals surface area contributed by atoms with Crippen molar-refractivity contribution >= 4 is 0 Å². The molecule has 0 bridgehead atoms. The van der Waals surface area contributed by atoms with E-state index >= 15 is 0 Å². The van der Waals surface area contributed by atoms with E-state index < -0.39 is 0 Å². The summed E-state index contributed by atoms with van der Waals surface area (Å²) in [7, 11) is 2.15. The van der Waals surface area contributed by atoms with Crippen molar-refractivity contribution in [1.82, 2.24) is 10.1 Å². The molecule has 0 aliphatic heterocycles. The molecule has 2 rings (SSSR count). The summed E-state index contributed by atoms with van der Waals surface area (Å²) in [5, 5.41) is 3.68. The van der Waals surface area contributed by atoms with Crippen molar-refractivity contribution < 1.29 is 4.52 Å². The lowest BCUT2D eigenvalue weighted by molar-refractivity contribution is 0.139. The van der Waals surface area contributed by atoms with Gasteiger partial charge in [-0.3, -0.25) is 4.90 Å². The molecule has 1 saturated carbocycles. The van der Waals surface area contributed by atoms with E-state index in [1.54, 1.807) is 6.20 Å². The second kappa shape index (κ2) is 3.27. The Balaban J connectivity index is 1.86. The van der Waals surface area contributed by atoms with Crippen LogP contribution in [0.1, 0.15) is 25.0 Å². The van der Waals surface area contributed by atoms with Crippen molar-refractivity contribution in [2.24, 2.45) is 0 Å². The minimum Gasteiger partial charge on any atom is -0.360 e. The summed E-state index contributed by atoms with van der Waals surface area (Å²) >= 11 is 0. The van der Waals surface area contributed by atoms with Gasteiger partial charge in [0.25, 0.3) is 0 Å². The fraction of sp³-hybridized carbons (Fsp3) is 0.667. The van der Waals surface area contributed by atoms with Crippen molar-refractivity contribution in [3.63, 3.8) is 0 Å². The molecular weight excluding hydrogens is 152 g/mol. The van der Waals surface area contributed by atoms with Crippen molar-refractivity contribution in [1.29, 1.82) is 0 Å². The van der Waals surface area contributed by atoms with Gasteiger partial charge < -0.3 is 4.52 Å². The van der Waals surface area contributed by atoms with Crippen LogP contribution in [0.15, 0.2) is 16.8 Å². The van der Waals surface area contributed by atoms with Gasteiger partial charge in [0.05, 0.1) is 12.7 Å². The predicted molar refractivity (Wildman–Crippen MR) is 45.6 cm³/mol. The van der Waals surface area contributed by atoms with Crippen molar-refractivity contribution in [2.45, 2.75) is 31.8 Å². The van der Waals surface area contributed by atoms with Crippen LogP contribution >= 0.6 is 0 Å². The zero-order valence-corrected chi connectivity index (χ0v) is 7.36. The van der Waals surface area contributed by atoms with Gasteiger partial charge in [-0.25, -0.2) is 0 Å². The highest BCUT2D eigenvalue weighted by atomic mass is 16.5. The molecule has 1 aromatic heterocycles. The number of aromatic nitrogens is 1. The summed E-state index contributed by atoms with van der Waals surface area (Å²) in [6, 6.07) is 2.70. The van der Waals surface area contributed by atoms with E-state index in [-0.39, 0.29) is 0 Å². The van der Waals surface area contributed by atoms with Crippen molar-refractivity contribution in [3.05, 3.63) is 18.0 Å². The molecule has 3 nitrogen and oxygen atoms in total. The first-order chi connectivity index (χ1) is 5.86. The average molecular weight is 166 g/mol. The first-order valence-electron chi connectivity index (χ1n) is 4.46. The summed E-state index contributed by atoms with van der Waals surface area (Å²) in [6.07, 6.45) is 5.75. The van der Waals surface area contributed by atoms with Gasteiger partial charge in [0.15, 0.2) is 5.76 Å². The zero-order chi connectivity index (χ0) is 8.39. The Labute approximate surface area is 72.3 Å². The molecule has 0 saturated heterocycles. The highest BCUT2D eigenvalue weighted by Gasteiger charge is 2.22. The quantitative estimate of drug-likeness (QED) is 0.683. The van der Waals surface area contributed by atoms with E-state index in [0.29, 0.717) is 0 Å². The molecule has 1 heterocycles. The Morgan fingerprint density at radius 2 is 2.50 bits per heavy atom. The first kappa shape index (κ1) is 7.80. The first-order valence-corrected chi connectivity index (χ1v) is 4.46. The van der Waals surface area contributed by atoms with E-state index in [1.807, 2.05) is 6.07 Å². The maximum atomic E-state index is 5.03. The largest absolute Gasteiger partial charge is 0.360 e. The summed E-state index contributed by atoms with van der Waals surface area (Å²) in [5.41, 5.74) is 0. The van der Waals surface area contributed by atoms with E-state index in [2.05, 4.69) is 17.1 Å². The third-order valence-electron chi connectivity index (χ3n) is 2.59. The third kappa shape index (κ3) is 1.50. The van der Waals surface area contributed by atoms with Gasteiger partial charge in [0.2, 0.25) is 0 Å². The van der Waals surface area contributed by atoms with Crippen LogP contribution in [0.2, 0.25) is 0 Å². The minimum absolute atomic E-state index is 0.773. The molecule has 66 valence electrons. The fourth-order valence-corrected chi connectivity index (χ4v) is 1.53. The molecule has 1 aliphatic carbocycles. The topological polar surface area (TPSA) is 29.3 Å². The molecule has 3 heteroatoms. The lowest BCUT2D eigenvalue weighted by Crippen LogP contribution is -2.36. The van der Waals surface area contributed by atoms with Crippen molar-refractivity contribution in [2.75, 3.05) is 7.05 Å². The Morgan fingerprint density at radius 3 is 3.00 bits per heavy atom. The molecule has 1 aliphatic rings. The van der Waals surface area contributed by atoms with Crippen LogP contribution in [0.3, 0.4) is 0 Å². The van der Waals surface area contributed by atoms with E-state index in [4.69, 9.17) is 4.52 Å². The number of rotatable bonds is 3. The Hall–Kier alpha value is -0.830. The van der Waals surface area contributed by atoms with E-state index in [0.717, 1.165) is 18.3 Å². The monoisotopic (exact) mass is 166 g/mol. The Kier molecular flexibility index (Phi) is 2.13. The normalized spacial score (nSPS) is 18.2. The van der Waals surface area contributed by atoms with Crippen LogP contribution in [0.4, 0.5) is 0 Å². The van der Waals surface area contributed by atoms with Crippen LogP contribution in [-0.2, 0) is 6.54 Å². The molecule has 0 radical (unpaired) electrons. The Bertz CT molecular complexity index is 229. The molecule has 0 atom stereocenters. The lowest BCUT2D eigenvalue weighted by Gasteiger charge is -2.33. The molecule has 0 amide bonds. The van der Waals surface area contributed by atoms with Crippen LogP contribution in [0, 0.1) is 0 Å². The Morgan fingerprint density at radius 1 is 1.67 bits per heavy atom. The van der Waals surface area contributed by atoms with Gasteiger partial charge in [-0.1, -0.05) is 11.6 Å². The maximum absolute atomic E-state index is 5.03. The van der Waals surface area contributed by atoms with Gasteiger partial charge >= 0.3 is 0 Å².